The van der Waals surface area contributed by atoms with Gasteiger partial charge in [0.15, 0.2) is 0 Å². The van der Waals surface area contributed by atoms with Gasteiger partial charge in [0.2, 0.25) is 5.91 Å². The first-order valence-corrected chi connectivity index (χ1v) is 7.14. The predicted octanol–water partition coefficient (Wildman–Crippen LogP) is 1.25. The molecule has 138 valence electrons. The van der Waals surface area contributed by atoms with Gasteiger partial charge in [0.25, 0.3) is 0 Å². The Morgan fingerprint density at radius 3 is 2.36 bits per heavy atom. The molecule has 1 aromatic rings. The molecular weight excluding hydrogens is 349 g/mol. The molecule has 1 N–H and O–H groups in total. The van der Waals surface area contributed by atoms with Gasteiger partial charge >= 0.3 is 17.8 Å². The number of rotatable bonds is 4. The topological polar surface area (TPSA) is 119 Å². The van der Waals surface area contributed by atoms with Crippen molar-refractivity contribution >= 4 is 17.6 Å². The Bertz CT molecular complexity index is 715. The van der Waals surface area contributed by atoms with E-state index < -0.39 is 53.4 Å². The van der Waals surface area contributed by atoms with Crippen LogP contribution in [0.25, 0.3) is 0 Å². The van der Waals surface area contributed by atoms with Gasteiger partial charge in [0.05, 0.1) is 16.8 Å². The van der Waals surface area contributed by atoms with Crippen molar-refractivity contribution in [3.8, 4) is 0 Å². The van der Waals surface area contributed by atoms with Crippen LogP contribution in [0.15, 0.2) is 12.4 Å². The van der Waals surface area contributed by atoms with Gasteiger partial charge in [0.1, 0.15) is 17.9 Å². The number of nitrogens with zero attached hydrogens (tertiary/aromatic N) is 4. The molecule has 9 nitrogen and oxygen atoms in total. The quantitative estimate of drug-likeness (QED) is 0.634. The fraction of sp³-hybridized carbons (Fsp3) is 0.615. The molecule has 1 aliphatic rings. The highest BCUT2D eigenvalue weighted by Gasteiger charge is 2.54. The Balaban J connectivity index is 2.26. The van der Waals surface area contributed by atoms with Crippen molar-refractivity contribution in [1.82, 2.24) is 14.7 Å². The Morgan fingerprint density at radius 2 is 1.96 bits per heavy atom. The van der Waals surface area contributed by atoms with Crippen molar-refractivity contribution in [1.29, 1.82) is 0 Å². The average molecular weight is 364 g/mol. The third-order valence-electron chi connectivity index (χ3n) is 4.22. The number of carbonyl (C=O) groups excluding carboxylic acids is 1. The zero-order valence-corrected chi connectivity index (χ0v) is 13.2. The minimum Gasteiger partial charge on any atom is -0.481 e. The number of hydrogen-bond acceptors (Lipinski definition) is 5. The summed E-state index contributed by atoms with van der Waals surface area (Å²) in [5.74, 6) is -6.36. The van der Waals surface area contributed by atoms with E-state index in [1.54, 1.807) is 0 Å². The summed E-state index contributed by atoms with van der Waals surface area (Å²) < 4.78 is 40.1. The maximum atomic E-state index is 13.0. The summed E-state index contributed by atoms with van der Waals surface area (Å²) in [5.41, 5.74) is -1.89. The molecule has 2 heterocycles. The van der Waals surface area contributed by atoms with Crippen LogP contribution in [-0.4, -0.2) is 55.9 Å². The molecule has 0 aliphatic carbocycles. The SMILES string of the molecule is CC(C)(C(=O)N1C[C@@H](C(F)(F)F)[C@H](C(=O)O)C1)n1cc([N+](=O)[O-])cn1. The van der Waals surface area contributed by atoms with Crippen LogP contribution in [0, 0.1) is 22.0 Å². The Hall–Kier alpha value is -2.66. The average Bonchev–Trinajstić information content (AvgIpc) is 3.13. The number of aromatic nitrogens is 2. The molecule has 0 saturated carbocycles. The third kappa shape index (κ3) is 3.42. The molecular formula is C13H15F3N4O5. The summed E-state index contributed by atoms with van der Waals surface area (Å²) in [6.07, 6.45) is -2.85. The first kappa shape index (κ1) is 18.7. The van der Waals surface area contributed by atoms with Crippen molar-refractivity contribution < 1.29 is 32.8 Å². The number of amides is 1. The molecule has 1 amide bonds. The highest BCUT2D eigenvalue weighted by atomic mass is 19.4. The van der Waals surface area contributed by atoms with E-state index in [0.717, 1.165) is 22.0 Å². The van der Waals surface area contributed by atoms with E-state index in [1.807, 2.05) is 0 Å². The van der Waals surface area contributed by atoms with Crippen molar-refractivity contribution in [3.63, 3.8) is 0 Å². The zero-order chi connectivity index (χ0) is 19.2. The minimum absolute atomic E-state index is 0.376. The van der Waals surface area contributed by atoms with E-state index in [9.17, 15) is 32.9 Å². The summed E-state index contributed by atoms with van der Waals surface area (Å²) in [4.78, 5) is 34.5. The molecule has 0 radical (unpaired) electrons. The largest absolute Gasteiger partial charge is 0.481 e. The molecule has 1 fully saturated rings. The van der Waals surface area contributed by atoms with Crippen LogP contribution in [-0.2, 0) is 15.1 Å². The summed E-state index contributed by atoms with van der Waals surface area (Å²) in [6, 6.07) is 0. The van der Waals surface area contributed by atoms with Crippen LogP contribution in [0.2, 0.25) is 0 Å². The van der Waals surface area contributed by atoms with Gasteiger partial charge in [-0.25, -0.2) is 0 Å². The fourth-order valence-corrected chi connectivity index (χ4v) is 2.75. The van der Waals surface area contributed by atoms with Crippen molar-refractivity contribution in [3.05, 3.63) is 22.5 Å². The van der Waals surface area contributed by atoms with Gasteiger partial charge in [-0.1, -0.05) is 0 Å². The summed E-state index contributed by atoms with van der Waals surface area (Å²) in [7, 11) is 0. The van der Waals surface area contributed by atoms with Gasteiger partial charge in [-0.05, 0) is 13.8 Å². The monoisotopic (exact) mass is 364 g/mol. The lowest BCUT2D eigenvalue weighted by molar-refractivity contribution is -0.385. The Kier molecular flexibility index (Phi) is 4.49. The summed E-state index contributed by atoms with van der Waals surface area (Å²) in [6.45, 7) is 1.29. The number of halogens is 3. The third-order valence-corrected chi connectivity index (χ3v) is 4.22. The van der Waals surface area contributed by atoms with E-state index in [4.69, 9.17) is 5.11 Å². The number of alkyl halides is 3. The van der Waals surface area contributed by atoms with E-state index >= 15 is 0 Å². The molecule has 12 heteroatoms. The molecule has 1 aromatic heterocycles. The Morgan fingerprint density at radius 1 is 1.36 bits per heavy atom. The normalized spacial score (nSPS) is 21.4. The molecule has 1 saturated heterocycles. The first-order valence-electron chi connectivity index (χ1n) is 7.14. The number of carboxylic acid groups (broad SMARTS) is 1. The lowest BCUT2D eigenvalue weighted by Gasteiger charge is -2.29. The molecule has 0 unspecified atom stereocenters. The molecule has 1 aliphatic heterocycles. The second kappa shape index (κ2) is 6.01. The predicted molar refractivity (Wildman–Crippen MR) is 75.5 cm³/mol. The van der Waals surface area contributed by atoms with Crippen LogP contribution in [0.5, 0.6) is 0 Å². The molecule has 2 rings (SSSR count). The maximum Gasteiger partial charge on any atom is 0.394 e. The van der Waals surface area contributed by atoms with Gasteiger partial charge in [-0.3, -0.25) is 24.4 Å². The van der Waals surface area contributed by atoms with Gasteiger partial charge < -0.3 is 10.0 Å². The van der Waals surface area contributed by atoms with Crippen molar-refractivity contribution in [2.24, 2.45) is 11.8 Å². The molecule has 25 heavy (non-hydrogen) atoms. The molecule has 0 spiro atoms. The van der Waals surface area contributed by atoms with Crippen LogP contribution >= 0.6 is 0 Å². The van der Waals surface area contributed by atoms with Gasteiger partial charge in [-0.2, -0.15) is 18.3 Å². The molecule has 0 aromatic carbocycles. The van der Waals surface area contributed by atoms with Crippen LogP contribution in [0.1, 0.15) is 13.8 Å². The molecule has 0 bridgehead atoms. The zero-order valence-electron chi connectivity index (χ0n) is 13.2. The fourth-order valence-electron chi connectivity index (χ4n) is 2.75. The maximum absolute atomic E-state index is 13.0. The van der Waals surface area contributed by atoms with E-state index in [2.05, 4.69) is 5.10 Å². The summed E-state index contributed by atoms with van der Waals surface area (Å²) in [5, 5.41) is 23.4. The van der Waals surface area contributed by atoms with Crippen LogP contribution in [0.3, 0.4) is 0 Å². The number of carboxylic acids is 1. The summed E-state index contributed by atoms with van der Waals surface area (Å²) >= 11 is 0. The first-order chi connectivity index (χ1) is 11.4. The van der Waals surface area contributed by atoms with Crippen LogP contribution < -0.4 is 0 Å². The van der Waals surface area contributed by atoms with Gasteiger partial charge in [0, 0.05) is 13.1 Å². The highest BCUT2D eigenvalue weighted by molar-refractivity contribution is 5.85. The second-order valence-corrected chi connectivity index (χ2v) is 6.26. The number of likely N-dealkylation sites (tertiary alicyclic amines) is 1. The lowest BCUT2D eigenvalue weighted by atomic mass is 9.96. The number of nitro groups is 1. The standard InChI is InChI=1S/C13H15F3N4O5/c1-12(2,19-4-7(3-17-19)20(24)25)11(23)18-5-8(10(21)22)9(6-18)13(14,15)16/h3-4,8-9H,5-6H2,1-2H3,(H,21,22)/t8-,9-/m1/s1. The van der Waals surface area contributed by atoms with Crippen molar-refractivity contribution in [2.45, 2.75) is 25.6 Å². The smallest absolute Gasteiger partial charge is 0.394 e. The second-order valence-electron chi connectivity index (χ2n) is 6.26. The highest BCUT2D eigenvalue weighted by Crippen LogP contribution is 2.39. The van der Waals surface area contributed by atoms with E-state index in [1.165, 1.54) is 13.8 Å². The Labute approximate surface area is 139 Å². The number of aliphatic carboxylic acids is 1. The van der Waals surface area contributed by atoms with E-state index in [-0.39, 0.29) is 5.69 Å². The molecule has 2 atom stereocenters. The van der Waals surface area contributed by atoms with E-state index in [0.29, 0.717) is 0 Å². The van der Waals surface area contributed by atoms with Gasteiger partial charge in [-0.15, -0.1) is 0 Å². The minimum atomic E-state index is -4.76. The lowest BCUT2D eigenvalue weighted by Crippen LogP contribution is -2.47. The van der Waals surface area contributed by atoms with Crippen LogP contribution in [0.4, 0.5) is 18.9 Å². The number of carbonyl (C=O) groups is 2. The number of hydrogen-bond donors (Lipinski definition) is 1. The van der Waals surface area contributed by atoms with Crippen molar-refractivity contribution in [2.75, 3.05) is 13.1 Å².